The van der Waals surface area contributed by atoms with Crippen LogP contribution >= 0.6 is 0 Å². The first-order chi connectivity index (χ1) is 23.5. The van der Waals surface area contributed by atoms with Crippen molar-refractivity contribution in [3.63, 3.8) is 0 Å². The molecule has 1 aromatic heterocycles. The molecule has 0 bridgehead atoms. The van der Waals surface area contributed by atoms with E-state index in [0.717, 1.165) is 34.3 Å². The van der Waals surface area contributed by atoms with Gasteiger partial charge in [-0.25, -0.2) is 0 Å². The van der Waals surface area contributed by atoms with E-state index in [1.807, 2.05) is 53.1 Å². The van der Waals surface area contributed by atoms with Gasteiger partial charge in [-0.05, 0) is 67.3 Å². The number of hydrogen-bond acceptors (Lipinski definition) is 7. The predicted octanol–water partition coefficient (Wildman–Crippen LogP) is 5.83. The lowest BCUT2D eigenvalue weighted by Crippen LogP contribution is -2.38. The Kier molecular flexibility index (Phi) is 10.1. The summed E-state index contributed by atoms with van der Waals surface area (Å²) >= 11 is 0. The first-order valence-corrected chi connectivity index (χ1v) is 16.7. The molecule has 4 heterocycles. The number of halogens is 3. The van der Waals surface area contributed by atoms with Crippen LogP contribution in [0, 0.1) is 24.7 Å². The number of aliphatic carboxylic acids is 1. The summed E-state index contributed by atoms with van der Waals surface area (Å²) in [5, 5.41) is 9.52. The second kappa shape index (κ2) is 14.3. The minimum absolute atomic E-state index is 0.00781. The molecule has 0 aliphatic carbocycles. The van der Waals surface area contributed by atoms with Crippen LogP contribution in [-0.2, 0) is 20.5 Å². The molecule has 0 unspecified atom stereocenters. The fraction of sp³-hybridized carbons (Fsp3) is 0.486. The van der Waals surface area contributed by atoms with Gasteiger partial charge in [0, 0.05) is 87.4 Å². The van der Waals surface area contributed by atoms with Crippen LogP contribution in [-0.4, -0.2) is 87.0 Å². The Morgan fingerprint density at radius 2 is 1.65 bits per heavy atom. The number of pyridine rings is 1. The third-order valence-corrected chi connectivity index (χ3v) is 10.5. The van der Waals surface area contributed by atoms with Gasteiger partial charge in [0.05, 0.1) is 31.1 Å². The number of hydrogen-bond donors (Lipinski definition) is 1. The number of carbonyl (C=O) groups is 2. The minimum atomic E-state index is -4.53. The maximum Gasteiger partial charge on any atom is 0.416 e. The Morgan fingerprint density at radius 1 is 0.918 bits per heavy atom. The summed E-state index contributed by atoms with van der Waals surface area (Å²) < 4.78 is 52.9. The van der Waals surface area contributed by atoms with Crippen molar-refractivity contribution < 1.29 is 37.3 Å². The molecule has 3 aliphatic heterocycles. The molecule has 3 fully saturated rings. The summed E-state index contributed by atoms with van der Waals surface area (Å²) in [6.45, 7) is 4.87. The number of likely N-dealkylation sites (tertiary alicyclic amines) is 1. The molecule has 1 amide bonds. The quantitative estimate of drug-likeness (QED) is 0.302. The normalized spacial score (nSPS) is 23.3. The lowest BCUT2D eigenvalue weighted by Gasteiger charge is -2.35. The first-order valence-electron chi connectivity index (χ1n) is 16.7. The third-order valence-electron chi connectivity index (χ3n) is 10.5. The number of carboxylic acid groups (broad SMARTS) is 1. The average Bonchev–Trinajstić information content (AvgIpc) is 3.73. The molecule has 3 saturated heterocycles. The van der Waals surface area contributed by atoms with Gasteiger partial charge in [-0.2, -0.15) is 13.2 Å². The molecular formula is C37H43F3N4O5. The molecule has 6 rings (SSSR count). The lowest BCUT2D eigenvalue weighted by atomic mass is 9.86. The van der Waals surface area contributed by atoms with E-state index in [9.17, 15) is 27.9 Å². The zero-order valence-corrected chi connectivity index (χ0v) is 28.0. The fourth-order valence-corrected chi connectivity index (χ4v) is 7.88. The van der Waals surface area contributed by atoms with Crippen LogP contribution in [0.25, 0.3) is 0 Å². The number of ether oxygens (including phenoxy) is 2. The molecule has 0 radical (unpaired) electrons. The zero-order chi connectivity index (χ0) is 34.9. The topological polar surface area (TPSA) is 95.4 Å². The maximum atomic E-state index is 14.6. The second-order valence-electron chi connectivity index (χ2n) is 13.5. The summed E-state index contributed by atoms with van der Waals surface area (Å²) in [4.78, 5) is 36.5. The van der Waals surface area contributed by atoms with Crippen LogP contribution in [0.3, 0.4) is 0 Å². The van der Waals surface area contributed by atoms with Gasteiger partial charge in [-0.1, -0.05) is 18.2 Å². The van der Waals surface area contributed by atoms with Crippen molar-refractivity contribution in [3.05, 3.63) is 83.2 Å². The predicted molar refractivity (Wildman–Crippen MR) is 179 cm³/mol. The van der Waals surface area contributed by atoms with Crippen LogP contribution in [0.1, 0.15) is 47.1 Å². The molecule has 262 valence electrons. The monoisotopic (exact) mass is 680 g/mol. The minimum Gasteiger partial charge on any atom is -0.497 e. The van der Waals surface area contributed by atoms with Gasteiger partial charge < -0.3 is 29.3 Å². The molecule has 3 aliphatic rings. The van der Waals surface area contributed by atoms with E-state index in [1.54, 1.807) is 26.5 Å². The summed E-state index contributed by atoms with van der Waals surface area (Å²) in [6.07, 6.45) is -2.06. The first kappa shape index (κ1) is 34.5. The molecule has 2 aromatic carbocycles. The van der Waals surface area contributed by atoms with Crippen LogP contribution in [0.15, 0.2) is 60.8 Å². The number of rotatable bonds is 9. The number of aromatic nitrogens is 1. The standard InChI is InChI=1S/C37H43F3N4O5/c1-23-16-28(10-13-41-23)43-19-31(24-4-7-29(49-3)8-5-24)33(21-43)35(45)44-18-26(22-48-2)32(20-44)30-9-6-27(37(38,39)40)17-34(30)42-14-11-25(12-15-42)36(46)47/h4-10,13,16-17,25-26,31-33H,11-12,14-15,18-22H2,1-3H3,(H,46,47)/t26-,31+,32+,33-/m1/s1. The number of carboxylic acids is 1. The SMILES string of the molecule is COC[C@H]1CN(C(=O)[C@@H]2CN(c3ccnc(C)c3)C[C@H]2c2ccc(OC)cc2)C[C@@H]1c1ccc(C(F)(F)F)cc1N1CCC(C(=O)O)CC1. The Morgan fingerprint density at radius 3 is 2.29 bits per heavy atom. The number of benzene rings is 2. The number of methoxy groups -OCH3 is 2. The Balaban J connectivity index is 1.31. The number of nitrogens with zero attached hydrogens (tertiary/aromatic N) is 4. The Hall–Kier alpha value is -4.32. The molecule has 12 heteroatoms. The molecule has 3 aromatic rings. The van der Waals surface area contributed by atoms with Crippen LogP contribution < -0.4 is 14.5 Å². The van der Waals surface area contributed by atoms with E-state index in [0.29, 0.717) is 64.4 Å². The molecule has 49 heavy (non-hydrogen) atoms. The highest BCUT2D eigenvalue weighted by atomic mass is 19.4. The number of alkyl halides is 3. The van der Waals surface area contributed by atoms with Gasteiger partial charge in [0.15, 0.2) is 0 Å². The van der Waals surface area contributed by atoms with E-state index in [1.165, 1.54) is 6.07 Å². The van der Waals surface area contributed by atoms with E-state index >= 15 is 0 Å². The van der Waals surface area contributed by atoms with Crippen LogP contribution in [0.2, 0.25) is 0 Å². The lowest BCUT2D eigenvalue weighted by molar-refractivity contribution is -0.142. The molecule has 1 N–H and O–H groups in total. The van der Waals surface area contributed by atoms with Gasteiger partial charge in [-0.3, -0.25) is 14.6 Å². The van der Waals surface area contributed by atoms with E-state index in [-0.39, 0.29) is 29.6 Å². The van der Waals surface area contributed by atoms with Crippen molar-refractivity contribution in [2.45, 2.75) is 37.8 Å². The summed E-state index contributed by atoms with van der Waals surface area (Å²) in [7, 11) is 3.21. The van der Waals surface area contributed by atoms with Gasteiger partial charge in [0.2, 0.25) is 5.91 Å². The van der Waals surface area contributed by atoms with Crippen LogP contribution in [0.4, 0.5) is 24.5 Å². The van der Waals surface area contributed by atoms with E-state index in [4.69, 9.17) is 9.47 Å². The van der Waals surface area contributed by atoms with Crippen molar-refractivity contribution in [2.24, 2.45) is 17.8 Å². The number of carbonyl (C=O) groups excluding carboxylic acids is 1. The fourth-order valence-electron chi connectivity index (χ4n) is 7.88. The van der Waals surface area contributed by atoms with Gasteiger partial charge in [0.25, 0.3) is 0 Å². The van der Waals surface area contributed by atoms with Gasteiger partial charge >= 0.3 is 12.1 Å². The Labute approximate surface area is 284 Å². The number of aryl methyl sites for hydroxylation is 1. The third kappa shape index (κ3) is 7.34. The highest BCUT2D eigenvalue weighted by Crippen LogP contribution is 2.44. The van der Waals surface area contributed by atoms with Gasteiger partial charge in [0.1, 0.15) is 5.75 Å². The zero-order valence-electron chi connectivity index (χ0n) is 28.0. The van der Waals surface area contributed by atoms with E-state index in [2.05, 4.69) is 9.88 Å². The van der Waals surface area contributed by atoms with Crippen molar-refractivity contribution in [1.82, 2.24) is 9.88 Å². The molecular weight excluding hydrogens is 637 g/mol. The summed E-state index contributed by atoms with van der Waals surface area (Å²) in [6, 6.07) is 15.6. The number of piperidine rings is 1. The molecule has 0 saturated carbocycles. The van der Waals surface area contributed by atoms with Crippen molar-refractivity contribution in [1.29, 1.82) is 0 Å². The summed E-state index contributed by atoms with van der Waals surface area (Å²) in [5.41, 5.74) is 3.35. The van der Waals surface area contributed by atoms with Crippen molar-refractivity contribution >= 4 is 23.3 Å². The highest BCUT2D eigenvalue weighted by molar-refractivity contribution is 5.82. The number of amides is 1. The summed E-state index contributed by atoms with van der Waals surface area (Å²) in [5.74, 6) is -1.52. The molecule has 0 spiro atoms. The second-order valence-corrected chi connectivity index (χ2v) is 13.5. The van der Waals surface area contributed by atoms with E-state index < -0.39 is 23.6 Å². The van der Waals surface area contributed by atoms with Crippen LogP contribution in [0.5, 0.6) is 5.75 Å². The average molecular weight is 681 g/mol. The Bertz CT molecular complexity index is 1640. The van der Waals surface area contributed by atoms with Gasteiger partial charge in [-0.15, -0.1) is 0 Å². The largest absolute Gasteiger partial charge is 0.497 e. The smallest absolute Gasteiger partial charge is 0.416 e. The molecule has 4 atom stereocenters. The molecule has 9 nitrogen and oxygen atoms in total. The highest BCUT2D eigenvalue weighted by Gasteiger charge is 2.45. The number of anilines is 2. The van der Waals surface area contributed by atoms with Crippen molar-refractivity contribution in [3.8, 4) is 5.75 Å². The maximum absolute atomic E-state index is 14.6. The van der Waals surface area contributed by atoms with Crippen molar-refractivity contribution in [2.75, 3.05) is 69.9 Å².